The van der Waals surface area contributed by atoms with E-state index in [-0.39, 0.29) is 19.2 Å². The van der Waals surface area contributed by atoms with Gasteiger partial charge in [0.1, 0.15) is 6.61 Å². The molecule has 0 aliphatic heterocycles. The molecule has 0 heterocycles. The molecule has 0 spiro atoms. The van der Waals surface area contributed by atoms with E-state index >= 15 is 0 Å². The molecule has 0 aliphatic carbocycles. The van der Waals surface area contributed by atoms with Crippen LogP contribution in [0.2, 0.25) is 0 Å². The quantitative estimate of drug-likeness (QED) is 0.375. The molecule has 2 N–H and O–H groups in total. The first kappa shape index (κ1) is 22.5. The molecule has 0 radical (unpaired) electrons. The van der Waals surface area contributed by atoms with Gasteiger partial charge in [-0.05, 0) is 6.42 Å². The zero-order valence-corrected chi connectivity index (χ0v) is 13.2. The van der Waals surface area contributed by atoms with Crippen molar-refractivity contribution >= 4 is 5.97 Å². The highest BCUT2D eigenvalue weighted by atomic mass is 16.6. The van der Waals surface area contributed by atoms with Gasteiger partial charge < -0.3 is 29.2 Å². The number of unbranched alkanes of at least 4 members (excludes halogenated alkanes) is 1. The summed E-state index contributed by atoms with van der Waals surface area (Å²) >= 11 is 0. The third-order valence-corrected chi connectivity index (χ3v) is 2.02. The predicted molar refractivity (Wildman–Crippen MR) is 78.2 cm³/mol. The fourth-order valence-electron chi connectivity index (χ4n) is 1.04. The van der Waals surface area contributed by atoms with E-state index in [1.54, 1.807) is 0 Å². The summed E-state index contributed by atoms with van der Waals surface area (Å²) < 4.78 is 19.7. The monoisotopic (exact) mass is 310 g/mol. The number of ether oxygens (including phenoxy) is 4. The SMILES string of the molecule is CCCCOCCOCCOC(C)=O.OCCOCCO. The lowest BCUT2D eigenvalue weighted by Gasteiger charge is -2.05. The van der Waals surface area contributed by atoms with Crippen LogP contribution in [0.4, 0.5) is 0 Å². The van der Waals surface area contributed by atoms with Crippen LogP contribution in [0, 0.1) is 0 Å². The van der Waals surface area contributed by atoms with Crippen LogP contribution in [0.5, 0.6) is 0 Å². The molecular formula is C14H30O7. The van der Waals surface area contributed by atoms with E-state index in [1.165, 1.54) is 6.92 Å². The van der Waals surface area contributed by atoms with Crippen LogP contribution in [-0.2, 0) is 23.7 Å². The summed E-state index contributed by atoms with van der Waals surface area (Å²) in [6, 6.07) is 0. The maximum Gasteiger partial charge on any atom is 0.302 e. The molecule has 0 saturated carbocycles. The van der Waals surface area contributed by atoms with Gasteiger partial charge in [0.25, 0.3) is 0 Å². The number of carbonyl (C=O) groups excluding carboxylic acids is 1. The molecule has 0 rings (SSSR count). The summed E-state index contributed by atoms with van der Waals surface area (Å²) in [5.41, 5.74) is 0. The van der Waals surface area contributed by atoms with Crippen LogP contribution in [0.25, 0.3) is 0 Å². The highest BCUT2D eigenvalue weighted by Crippen LogP contribution is 1.88. The summed E-state index contributed by atoms with van der Waals surface area (Å²) in [5, 5.41) is 16.2. The molecule has 7 heteroatoms. The number of carbonyl (C=O) groups is 1. The molecule has 0 saturated heterocycles. The molecule has 0 aliphatic rings. The maximum atomic E-state index is 10.3. The predicted octanol–water partition coefficient (Wildman–Crippen LogP) is 0.370. The smallest absolute Gasteiger partial charge is 0.302 e. The van der Waals surface area contributed by atoms with Crippen LogP contribution in [0.3, 0.4) is 0 Å². The lowest BCUT2D eigenvalue weighted by atomic mass is 10.4. The Morgan fingerprint density at radius 2 is 1.29 bits per heavy atom. The first-order valence-electron chi connectivity index (χ1n) is 7.27. The molecule has 0 aromatic rings. The highest BCUT2D eigenvalue weighted by molar-refractivity contribution is 5.65. The molecule has 0 aromatic carbocycles. The maximum absolute atomic E-state index is 10.3. The van der Waals surface area contributed by atoms with Crippen molar-refractivity contribution in [2.45, 2.75) is 26.7 Å². The van der Waals surface area contributed by atoms with Crippen LogP contribution < -0.4 is 0 Å². The zero-order chi connectivity index (χ0) is 16.2. The second-order valence-corrected chi connectivity index (χ2v) is 3.98. The minimum atomic E-state index is -0.271. The average molecular weight is 310 g/mol. The molecule has 0 atom stereocenters. The summed E-state index contributed by atoms with van der Waals surface area (Å²) in [4.78, 5) is 10.3. The minimum Gasteiger partial charge on any atom is -0.463 e. The average Bonchev–Trinajstić information content (AvgIpc) is 2.46. The van der Waals surface area contributed by atoms with E-state index in [0.717, 1.165) is 19.4 Å². The Labute approximate surface area is 127 Å². The van der Waals surface area contributed by atoms with Gasteiger partial charge >= 0.3 is 5.97 Å². The first-order chi connectivity index (χ1) is 10.2. The van der Waals surface area contributed by atoms with Gasteiger partial charge in [-0.2, -0.15) is 0 Å². The van der Waals surface area contributed by atoms with Crippen molar-refractivity contribution in [3.63, 3.8) is 0 Å². The Bertz CT molecular complexity index is 196. The Hall–Kier alpha value is -0.730. The molecule has 0 amide bonds. The number of aliphatic hydroxyl groups is 2. The van der Waals surface area contributed by atoms with Gasteiger partial charge in [-0.3, -0.25) is 4.79 Å². The van der Waals surface area contributed by atoms with Crippen molar-refractivity contribution in [1.29, 1.82) is 0 Å². The molecule has 0 aromatic heterocycles. The third kappa shape index (κ3) is 28.2. The van der Waals surface area contributed by atoms with Gasteiger partial charge in [0.2, 0.25) is 0 Å². The standard InChI is InChI=1S/C10H20O4.C4H10O3/c1-3-4-5-12-6-7-13-8-9-14-10(2)11;5-1-3-7-4-2-6/h3-9H2,1-2H3;5-6H,1-4H2. The van der Waals surface area contributed by atoms with Crippen molar-refractivity contribution in [1.82, 2.24) is 0 Å². The van der Waals surface area contributed by atoms with E-state index in [1.807, 2.05) is 0 Å². The summed E-state index contributed by atoms with van der Waals surface area (Å²) in [5.74, 6) is -0.271. The molecule has 128 valence electrons. The van der Waals surface area contributed by atoms with Crippen LogP contribution in [0.1, 0.15) is 26.7 Å². The summed E-state index contributed by atoms with van der Waals surface area (Å²) in [7, 11) is 0. The Morgan fingerprint density at radius 3 is 1.76 bits per heavy atom. The third-order valence-electron chi connectivity index (χ3n) is 2.02. The summed E-state index contributed by atoms with van der Waals surface area (Å²) in [6.07, 6.45) is 2.24. The normalized spacial score (nSPS) is 9.90. The largest absolute Gasteiger partial charge is 0.463 e. The number of aliphatic hydroxyl groups excluding tert-OH is 2. The van der Waals surface area contributed by atoms with Gasteiger partial charge in [-0.15, -0.1) is 0 Å². The Kier molecular flexibility index (Phi) is 23.2. The fourth-order valence-corrected chi connectivity index (χ4v) is 1.04. The van der Waals surface area contributed by atoms with E-state index in [2.05, 4.69) is 16.4 Å². The molecule has 0 fully saturated rings. The van der Waals surface area contributed by atoms with E-state index in [9.17, 15) is 4.79 Å². The van der Waals surface area contributed by atoms with Crippen molar-refractivity contribution in [2.75, 3.05) is 59.5 Å². The van der Waals surface area contributed by atoms with Gasteiger partial charge in [-0.1, -0.05) is 13.3 Å². The van der Waals surface area contributed by atoms with Crippen LogP contribution in [0.15, 0.2) is 0 Å². The van der Waals surface area contributed by atoms with Crippen molar-refractivity contribution in [3.05, 3.63) is 0 Å². The number of esters is 1. The van der Waals surface area contributed by atoms with Crippen molar-refractivity contribution in [3.8, 4) is 0 Å². The van der Waals surface area contributed by atoms with Gasteiger partial charge in [0.15, 0.2) is 0 Å². The zero-order valence-electron chi connectivity index (χ0n) is 13.2. The van der Waals surface area contributed by atoms with Crippen LogP contribution in [-0.4, -0.2) is 75.6 Å². The van der Waals surface area contributed by atoms with Gasteiger partial charge in [0.05, 0.1) is 46.2 Å². The second kappa shape index (κ2) is 21.6. The van der Waals surface area contributed by atoms with Crippen molar-refractivity contribution in [2.24, 2.45) is 0 Å². The fraction of sp³-hybridized carbons (Fsp3) is 0.929. The van der Waals surface area contributed by atoms with Crippen molar-refractivity contribution < 1.29 is 34.0 Å². The molecule has 7 nitrogen and oxygen atoms in total. The molecular weight excluding hydrogens is 280 g/mol. The lowest BCUT2D eigenvalue weighted by molar-refractivity contribution is -0.142. The van der Waals surface area contributed by atoms with E-state index in [4.69, 9.17) is 19.7 Å². The minimum absolute atomic E-state index is 0.0278. The van der Waals surface area contributed by atoms with E-state index in [0.29, 0.717) is 39.6 Å². The highest BCUT2D eigenvalue weighted by Gasteiger charge is 1.93. The Balaban J connectivity index is 0. The van der Waals surface area contributed by atoms with Crippen LogP contribution >= 0.6 is 0 Å². The number of rotatable bonds is 13. The Morgan fingerprint density at radius 1 is 0.810 bits per heavy atom. The van der Waals surface area contributed by atoms with E-state index < -0.39 is 0 Å². The number of hydrogen-bond donors (Lipinski definition) is 2. The first-order valence-corrected chi connectivity index (χ1v) is 7.27. The van der Waals surface area contributed by atoms with Gasteiger partial charge in [-0.25, -0.2) is 0 Å². The lowest BCUT2D eigenvalue weighted by Crippen LogP contribution is -2.11. The number of hydrogen-bond acceptors (Lipinski definition) is 7. The second-order valence-electron chi connectivity index (χ2n) is 3.98. The van der Waals surface area contributed by atoms with Gasteiger partial charge in [0, 0.05) is 13.5 Å². The molecule has 21 heavy (non-hydrogen) atoms. The molecule has 0 unspecified atom stereocenters. The molecule has 0 bridgehead atoms. The summed E-state index contributed by atoms with van der Waals surface area (Å²) in [6.45, 7) is 6.93. The topological polar surface area (TPSA) is 94.5 Å².